The molecular formula is C24H23N3O2. The number of piperazine rings is 1. The van der Waals surface area contributed by atoms with Crippen LogP contribution in [0.1, 0.15) is 26.3 Å². The van der Waals surface area contributed by atoms with Crippen molar-refractivity contribution in [2.24, 2.45) is 0 Å². The Morgan fingerprint density at radius 3 is 2.17 bits per heavy atom. The van der Waals surface area contributed by atoms with Gasteiger partial charge in [-0.15, -0.1) is 0 Å². The van der Waals surface area contributed by atoms with Crippen molar-refractivity contribution in [3.05, 3.63) is 89.6 Å². The Morgan fingerprint density at radius 1 is 0.793 bits per heavy atom. The van der Waals surface area contributed by atoms with Gasteiger partial charge in [-0.05, 0) is 42.8 Å². The fourth-order valence-electron chi connectivity index (χ4n) is 3.62. The number of pyridine rings is 1. The molecule has 1 aromatic heterocycles. The van der Waals surface area contributed by atoms with Crippen LogP contribution in [0, 0.1) is 6.92 Å². The first-order valence-corrected chi connectivity index (χ1v) is 9.79. The summed E-state index contributed by atoms with van der Waals surface area (Å²) in [5, 5.41) is 0. The highest BCUT2D eigenvalue weighted by Crippen LogP contribution is 2.20. The Morgan fingerprint density at radius 2 is 1.48 bits per heavy atom. The van der Waals surface area contributed by atoms with Crippen LogP contribution in [0.15, 0.2) is 72.9 Å². The second-order valence-electron chi connectivity index (χ2n) is 7.20. The molecule has 0 radical (unpaired) electrons. The Hall–Kier alpha value is -3.47. The van der Waals surface area contributed by atoms with Gasteiger partial charge >= 0.3 is 0 Å². The summed E-state index contributed by atoms with van der Waals surface area (Å²) in [6.07, 6.45) is 1.74. The van der Waals surface area contributed by atoms with Gasteiger partial charge in [0.1, 0.15) is 0 Å². The van der Waals surface area contributed by atoms with Crippen LogP contribution < -0.4 is 0 Å². The van der Waals surface area contributed by atoms with Crippen LogP contribution in [0.25, 0.3) is 11.3 Å². The molecule has 146 valence electrons. The van der Waals surface area contributed by atoms with Gasteiger partial charge in [0.05, 0.1) is 5.69 Å². The third-order valence-corrected chi connectivity index (χ3v) is 5.30. The standard InChI is InChI=1S/C24H23N3O2/c1-18-7-2-3-10-21(18)24(29)27-15-13-26(14-16-27)23(28)20-9-6-8-19(17-20)22-11-4-5-12-25-22/h2-12,17H,13-16H2,1H3. The smallest absolute Gasteiger partial charge is 0.254 e. The lowest BCUT2D eigenvalue weighted by Crippen LogP contribution is -2.50. The molecule has 5 heteroatoms. The zero-order valence-electron chi connectivity index (χ0n) is 16.4. The molecule has 2 amide bonds. The SMILES string of the molecule is Cc1ccccc1C(=O)N1CCN(C(=O)c2cccc(-c3ccccn3)c2)CC1. The maximum Gasteiger partial charge on any atom is 0.254 e. The zero-order chi connectivity index (χ0) is 20.2. The molecule has 1 aliphatic heterocycles. The minimum absolute atomic E-state index is 0.00854. The van der Waals surface area contributed by atoms with E-state index in [1.54, 1.807) is 6.20 Å². The second-order valence-corrected chi connectivity index (χ2v) is 7.20. The number of rotatable bonds is 3. The third kappa shape index (κ3) is 4.04. The molecule has 0 bridgehead atoms. The Kier molecular flexibility index (Phi) is 5.38. The molecule has 0 spiro atoms. The highest BCUT2D eigenvalue weighted by molar-refractivity contribution is 5.97. The topological polar surface area (TPSA) is 53.5 Å². The highest BCUT2D eigenvalue weighted by Gasteiger charge is 2.26. The van der Waals surface area contributed by atoms with Crippen LogP contribution >= 0.6 is 0 Å². The number of aryl methyl sites for hydroxylation is 1. The van der Waals surface area contributed by atoms with E-state index in [9.17, 15) is 9.59 Å². The van der Waals surface area contributed by atoms with Gasteiger partial charge in [-0.3, -0.25) is 14.6 Å². The Balaban J connectivity index is 1.43. The van der Waals surface area contributed by atoms with Gasteiger partial charge in [0.25, 0.3) is 11.8 Å². The van der Waals surface area contributed by atoms with E-state index < -0.39 is 0 Å². The summed E-state index contributed by atoms with van der Waals surface area (Å²) in [5.41, 5.74) is 4.12. The molecule has 3 aromatic rings. The summed E-state index contributed by atoms with van der Waals surface area (Å²) in [5.74, 6) is 0.0260. The van der Waals surface area contributed by atoms with Crippen molar-refractivity contribution in [1.82, 2.24) is 14.8 Å². The highest BCUT2D eigenvalue weighted by atomic mass is 16.2. The van der Waals surface area contributed by atoms with E-state index >= 15 is 0 Å². The van der Waals surface area contributed by atoms with Crippen molar-refractivity contribution >= 4 is 11.8 Å². The van der Waals surface area contributed by atoms with Crippen molar-refractivity contribution in [2.45, 2.75) is 6.92 Å². The van der Waals surface area contributed by atoms with E-state index in [4.69, 9.17) is 0 Å². The number of carbonyl (C=O) groups is 2. The summed E-state index contributed by atoms with van der Waals surface area (Å²) in [6.45, 7) is 4.09. The number of aromatic nitrogens is 1. The summed E-state index contributed by atoms with van der Waals surface area (Å²) in [6, 6.07) is 20.9. The summed E-state index contributed by atoms with van der Waals surface area (Å²) < 4.78 is 0. The van der Waals surface area contributed by atoms with Gasteiger partial charge in [-0.1, -0.05) is 36.4 Å². The molecule has 0 aliphatic carbocycles. The number of hydrogen-bond donors (Lipinski definition) is 0. The number of nitrogens with zero attached hydrogens (tertiary/aromatic N) is 3. The van der Waals surface area contributed by atoms with Crippen LogP contribution in [0.2, 0.25) is 0 Å². The van der Waals surface area contributed by atoms with E-state index in [0.717, 1.165) is 22.4 Å². The molecule has 1 aliphatic rings. The van der Waals surface area contributed by atoms with Gasteiger partial charge in [0.15, 0.2) is 0 Å². The minimum atomic E-state index is -0.00854. The fourth-order valence-corrected chi connectivity index (χ4v) is 3.62. The largest absolute Gasteiger partial charge is 0.335 e. The number of benzene rings is 2. The quantitative estimate of drug-likeness (QED) is 0.691. The second kappa shape index (κ2) is 8.27. The molecule has 0 N–H and O–H groups in total. The van der Waals surface area contributed by atoms with E-state index in [1.807, 2.05) is 83.5 Å². The van der Waals surface area contributed by atoms with Crippen molar-refractivity contribution in [3.63, 3.8) is 0 Å². The average molecular weight is 385 g/mol. The molecule has 2 heterocycles. The average Bonchev–Trinajstić information content (AvgIpc) is 2.79. The first-order chi connectivity index (χ1) is 14.1. The van der Waals surface area contributed by atoms with Crippen LogP contribution in [0.5, 0.6) is 0 Å². The molecule has 1 fully saturated rings. The lowest BCUT2D eigenvalue weighted by Gasteiger charge is -2.35. The third-order valence-electron chi connectivity index (χ3n) is 5.30. The van der Waals surface area contributed by atoms with Crippen molar-refractivity contribution < 1.29 is 9.59 Å². The molecule has 0 unspecified atom stereocenters. The lowest BCUT2D eigenvalue weighted by molar-refractivity contribution is 0.0535. The summed E-state index contributed by atoms with van der Waals surface area (Å²) >= 11 is 0. The number of amides is 2. The van der Waals surface area contributed by atoms with Crippen LogP contribution in [0.3, 0.4) is 0 Å². The van der Waals surface area contributed by atoms with E-state index in [-0.39, 0.29) is 11.8 Å². The van der Waals surface area contributed by atoms with Gasteiger partial charge in [-0.2, -0.15) is 0 Å². The number of carbonyl (C=O) groups excluding carboxylic acids is 2. The summed E-state index contributed by atoms with van der Waals surface area (Å²) in [7, 11) is 0. The molecule has 29 heavy (non-hydrogen) atoms. The number of hydrogen-bond acceptors (Lipinski definition) is 3. The van der Waals surface area contributed by atoms with Gasteiger partial charge < -0.3 is 9.80 Å². The molecule has 0 saturated carbocycles. The molecule has 5 nitrogen and oxygen atoms in total. The lowest BCUT2D eigenvalue weighted by atomic mass is 10.1. The van der Waals surface area contributed by atoms with Gasteiger partial charge in [0, 0.05) is 49.1 Å². The van der Waals surface area contributed by atoms with Crippen molar-refractivity contribution in [2.75, 3.05) is 26.2 Å². The Labute approximate surface area is 170 Å². The molecule has 2 aromatic carbocycles. The van der Waals surface area contributed by atoms with E-state index in [2.05, 4.69) is 4.98 Å². The van der Waals surface area contributed by atoms with Crippen LogP contribution in [0.4, 0.5) is 0 Å². The first-order valence-electron chi connectivity index (χ1n) is 9.79. The van der Waals surface area contributed by atoms with Crippen LogP contribution in [-0.2, 0) is 0 Å². The van der Waals surface area contributed by atoms with E-state index in [1.165, 1.54) is 0 Å². The summed E-state index contributed by atoms with van der Waals surface area (Å²) in [4.78, 5) is 33.8. The molecule has 1 saturated heterocycles. The maximum atomic E-state index is 13.0. The fraction of sp³-hybridized carbons (Fsp3) is 0.208. The van der Waals surface area contributed by atoms with Crippen molar-refractivity contribution in [3.8, 4) is 11.3 Å². The molecule has 4 rings (SSSR count). The predicted octanol–water partition coefficient (Wildman–Crippen LogP) is 3.66. The van der Waals surface area contributed by atoms with E-state index in [0.29, 0.717) is 31.7 Å². The first kappa shape index (κ1) is 18.9. The predicted molar refractivity (Wildman–Crippen MR) is 113 cm³/mol. The normalized spacial score (nSPS) is 14.0. The van der Waals surface area contributed by atoms with Crippen LogP contribution in [-0.4, -0.2) is 52.8 Å². The zero-order valence-corrected chi connectivity index (χ0v) is 16.4. The van der Waals surface area contributed by atoms with Gasteiger partial charge in [-0.25, -0.2) is 0 Å². The molecule has 0 atom stereocenters. The van der Waals surface area contributed by atoms with Gasteiger partial charge in [0.2, 0.25) is 0 Å². The maximum absolute atomic E-state index is 13.0. The Bertz CT molecular complexity index is 1030. The monoisotopic (exact) mass is 385 g/mol. The van der Waals surface area contributed by atoms with Crippen molar-refractivity contribution in [1.29, 1.82) is 0 Å². The molecular weight excluding hydrogens is 362 g/mol. The minimum Gasteiger partial charge on any atom is -0.335 e.